The van der Waals surface area contributed by atoms with Gasteiger partial charge in [-0.1, -0.05) is 269 Å². The third-order valence-corrected chi connectivity index (χ3v) is 13.7. The quantitative estimate of drug-likeness (QED) is 0.0361. The monoisotopic (exact) mass is 914 g/mol. The zero-order valence-corrected chi connectivity index (χ0v) is 43.9. The number of allylic oxidation sites excluding steroid dienone is 6. The van der Waals surface area contributed by atoms with E-state index in [9.17, 15) is 20.1 Å². The third-order valence-electron chi connectivity index (χ3n) is 13.7. The molecule has 0 aromatic heterocycles. The van der Waals surface area contributed by atoms with Gasteiger partial charge >= 0.3 is 0 Å². The molecule has 0 aromatic rings. The lowest BCUT2D eigenvalue weighted by Crippen LogP contribution is -2.50. The minimum Gasteiger partial charge on any atom is -0.394 e. The second kappa shape index (κ2) is 55.2. The van der Waals surface area contributed by atoms with Gasteiger partial charge in [0.1, 0.15) is 6.10 Å². The van der Waals surface area contributed by atoms with E-state index in [-0.39, 0.29) is 12.5 Å². The molecule has 0 spiro atoms. The molecule has 384 valence electrons. The Hall–Kier alpha value is -1.43. The van der Waals surface area contributed by atoms with Crippen LogP contribution in [0.3, 0.4) is 0 Å². The number of amides is 1. The van der Waals surface area contributed by atoms with Crippen LogP contribution in [0.1, 0.15) is 316 Å². The smallest absolute Gasteiger partial charge is 0.220 e. The fourth-order valence-corrected chi connectivity index (χ4v) is 9.18. The van der Waals surface area contributed by atoms with E-state index in [1.165, 1.54) is 244 Å². The van der Waals surface area contributed by atoms with E-state index in [1.54, 1.807) is 0 Å². The van der Waals surface area contributed by atoms with Gasteiger partial charge < -0.3 is 20.6 Å². The second-order valence-corrected chi connectivity index (χ2v) is 20.2. The Morgan fingerprint density at radius 2 is 0.631 bits per heavy atom. The van der Waals surface area contributed by atoms with Crippen molar-refractivity contribution >= 4 is 5.91 Å². The summed E-state index contributed by atoms with van der Waals surface area (Å²) in [4.78, 5) is 12.5. The minimum absolute atomic E-state index is 0.155. The summed E-state index contributed by atoms with van der Waals surface area (Å²) in [5.74, 6) is -0.155. The van der Waals surface area contributed by atoms with Crippen molar-refractivity contribution in [1.82, 2.24) is 5.32 Å². The topological polar surface area (TPSA) is 89.8 Å². The Labute approximate surface area is 406 Å². The Kier molecular flexibility index (Phi) is 54.0. The van der Waals surface area contributed by atoms with E-state index in [1.807, 2.05) is 0 Å². The van der Waals surface area contributed by atoms with E-state index in [2.05, 4.69) is 55.6 Å². The molecule has 3 atom stereocenters. The first-order valence-corrected chi connectivity index (χ1v) is 29.3. The summed E-state index contributed by atoms with van der Waals surface area (Å²) in [7, 11) is 0. The van der Waals surface area contributed by atoms with Crippen molar-refractivity contribution in [3.63, 3.8) is 0 Å². The second-order valence-electron chi connectivity index (χ2n) is 20.2. The number of carbonyl (C=O) groups is 1. The van der Waals surface area contributed by atoms with Gasteiger partial charge in [0.15, 0.2) is 0 Å². The van der Waals surface area contributed by atoms with E-state index in [4.69, 9.17) is 0 Å². The average Bonchev–Trinajstić information content (AvgIpc) is 3.31. The van der Waals surface area contributed by atoms with Crippen LogP contribution in [0.15, 0.2) is 36.5 Å². The predicted molar refractivity (Wildman–Crippen MR) is 287 cm³/mol. The molecule has 5 heteroatoms. The maximum atomic E-state index is 12.5. The van der Waals surface area contributed by atoms with Gasteiger partial charge in [0.25, 0.3) is 0 Å². The molecular formula is C60H115NO4. The fourth-order valence-electron chi connectivity index (χ4n) is 9.18. The van der Waals surface area contributed by atoms with Gasteiger partial charge in [-0.2, -0.15) is 0 Å². The van der Waals surface area contributed by atoms with Crippen molar-refractivity contribution in [2.75, 3.05) is 6.61 Å². The SMILES string of the molecule is CCCCCCCCCCCCCC/C=C\CCCCCCCCCCCCCCC(=O)NC(CO)C(O)C(O)CCC/C=C/CC/C=C/CCCCCCCCCCCCCCCC. The molecule has 0 aliphatic heterocycles. The summed E-state index contributed by atoms with van der Waals surface area (Å²) in [6, 6.07) is -0.833. The molecule has 4 N–H and O–H groups in total. The van der Waals surface area contributed by atoms with Gasteiger partial charge in [-0.25, -0.2) is 0 Å². The van der Waals surface area contributed by atoms with Gasteiger partial charge in [-0.05, 0) is 77.0 Å². The normalized spacial score (nSPS) is 13.5. The van der Waals surface area contributed by atoms with Gasteiger partial charge in [0.05, 0.1) is 18.8 Å². The first kappa shape index (κ1) is 63.6. The highest BCUT2D eigenvalue weighted by molar-refractivity contribution is 5.76. The molecule has 0 saturated carbocycles. The van der Waals surface area contributed by atoms with Crippen molar-refractivity contribution in [1.29, 1.82) is 0 Å². The molecule has 0 aliphatic rings. The molecule has 3 unspecified atom stereocenters. The standard InChI is InChI=1S/C60H115NO4/c1-3-5-7-9-11-13-15-17-19-21-23-25-27-28-29-30-31-33-35-37-39-41-43-45-47-49-51-53-55-59(64)61-57(56-62)60(65)58(63)54-52-50-48-46-44-42-40-38-36-34-32-26-24-22-20-18-16-14-12-10-8-6-4-2/h28-29,38,40,46,48,57-58,60,62-63,65H,3-27,30-37,39,41-45,47,49-56H2,1-2H3,(H,61,64)/b29-28-,40-38+,48-46+. The molecule has 0 saturated heterocycles. The summed E-state index contributed by atoms with van der Waals surface area (Å²) < 4.78 is 0. The van der Waals surface area contributed by atoms with Crippen molar-refractivity contribution in [2.24, 2.45) is 0 Å². The predicted octanol–water partition coefficient (Wildman–Crippen LogP) is 18.2. The number of aliphatic hydroxyl groups excluding tert-OH is 3. The number of hydrogen-bond acceptors (Lipinski definition) is 4. The summed E-state index contributed by atoms with van der Waals surface area (Å²) in [6.07, 6.45) is 71.7. The molecule has 5 nitrogen and oxygen atoms in total. The number of aliphatic hydroxyl groups is 3. The zero-order chi connectivity index (χ0) is 47.2. The minimum atomic E-state index is -1.17. The third kappa shape index (κ3) is 50.3. The first-order chi connectivity index (χ1) is 32.1. The molecule has 0 aromatic carbocycles. The molecule has 0 rings (SSSR count). The molecule has 65 heavy (non-hydrogen) atoms. The maximum Gasteiger partial charge on any atom is 0.220 e. The van der Waals surface area contributed by atoms with Crippen molar-refractivity contribution in [2.45, 2.75) is 334 Å². The lowest BCUT2D eigenvalue weighted by molar-refractivity contribution is -0.124. The summed E-state index contributed by atoms with van der Waals surface area (Å²) >= 11 is 0. The summed E-state index contributed by atoms with van der Waals surface area (Å²) in [5, 5.41) is 33.8. The highest BCUT2D eigenvalue weighted by atomic mass is 16.3. The molecule has 0 radical (unpaired) electrons. The molecular weight excluding hydrogens is 799 g/mol. The zero-order valence-electron chi connectivity index (χ0n) is 43.9. The van der Waals surface area contributed by atoms with Crippen LogP contribution in [0, 0.1) is 0 Å². The lowest BCUT2D eigenvalue weighted by atomic mass is 10.0. The maximum absolute atomic E-state index is 12.5. The molecule has 0 fully saturated rings. The fraction of sp³-hybridized carbons (Fsp3) is 0.883. The molecule has 0 aliphatic carbocycles. The number of unbranched alkanes of at least 4 members (excludes halogenated alkanes) is 40. The van der Waals surface area contributed by atoms with Crippen LogP contribution in [0.2, 0.25) is 0 Å². The highest BCUT2D eigenvalue weighted by Crippen LogP contribution is 2.17. The highest BCUT2D eigenvalue weighted by Gasteiger charge is 2.26. The van der Waals surface area contributed by atoms with Crippen LogP contribution < -0.4 is 5.32 Å². The molecule has 1 amide bonds. The van der Waals surface area contributed by atoms with E-state index >= 15 is 0 Å². The van der Waals surface area contributed by atoms with Crippen LogP contribution in [0.25, 0.3) is 0 Å². The van der Waals surface area contributed by atoms with E-state index in [0.29, 0.717) is 12.8 Å². The molecule has 0 heterocycles. The average molecular weight is 915 g/mol. The largest absolute Gasteiger partial charge is 0.394 e. The van der Waals surface area contributed by atoms with Crippen LogP contribution in [-0.4, -0.2) is 46.1 Å². The van der Waals surface area contributed by atoms with Crippen molar-refractivity contribution in [3.8, 4) is 0 Å². The van der Waals surface area contributed by atoms with E-state index in [0.717, 1.165) is 44.9 Å². The number of nitrogens with one attached hydrogen (secondary N) is 1. The van der Waals surface area contributed by atoms with Gasteiger partial charge in [0, 0.05) is 6.42 Å². The van der Waals surface area contributed by atoms with Crippen LogP contribution in [0.5, 0.6) is 0 Å². The summed E-state index contributed by atoms with van der Waals surface area (Å²) in [6.45, 7) is 4.20. The van der Waals surface area contributed by atoms with Crippen LogP contribution in [0.4, 0.5) is 0 Å². The van der Waals surface area contributed by atoms with Gasteiger partial charge in [-0.15, -0.1) is 0 Å². The Morgan fingerprint density at radius 3 is 0.938 bits per heavy atom. The van der Waals surface area contributed by atoms with Crippen molar-refractivity contribution < 1.29 is 20.1 Å². The Balaban J connectivity index is 3.58. The number of rotatable bonds is 54. The van der Waals surface area contributed by atoms with E-state index < -0.39 is 18.2 Å². The van der Waals surface area contributed by atoms with Gasteiger partial charge in [0.2, 0.25) is 5.91 Å². The van der Waals surface area contributed by atoms with Crippen molar-refractivity contribution in [3.05, 3.63) is 36.5 Å². The Bertz CT molecular complexity index is 1010. The summed E-state index contributed by atoms with van der Waals surface area (Å²) in [5.41, 5.74) is 0. The molecule has 0 bridgehead atoms. The lowest BCUT2D eigenvalue weighted by Gasteiger charge is -2.26. The first-order valence-electron chi connectivity index (χ1n) is 29.3. The van der Waals surface area contributed by atoms with Crippen LogP contribution >= 0.6 is 0 Å². The van der Waals surface area contributed by atoms with Crippen LogP contribution in [-0.2, 0) is 4.79 Å². The number of hydrogen-bond donors (Lipinski definition) is 4. The Morgan fingerprint density at radius 1 is 0.369 bits per heavy atom. The number of carbonyl (C=O) groups excluding carboxylic acids is 1. The van der Waals surface area contributed by atoms with Gasteiger partial charge in [-0.3, -0.25) is 4.79 Å².